The minimum Gasteiger partial charge on any atom is -0.327 e. The molecular weight excluding hydrogens is 186 g/mol. The number of hydrogen-bond acceptors (Lipinski definition) is 3. The average molecular weight is 207 g/mol. The smallest absolute Gasteiger partial charge is 0.0547 e. The van der Waals surface area contributed by atoms with Crippen molar-refractivity contribution in [3.05, 3.63) is 29.6 Å². The minimum absolute atomic E-state index is 0.217. The Morgan fingerprint density at radius 1 is 1.47 bits per heavy atom. The van der Waals surface area contributed by atoms with Crippen molar-refractivity contribution >= 4 is 0 Å². The van der Waals surface area contributed by atoms with Gasteiger partial charge in [0, 0.05) is 24.8 Å². The van der Waals surface area contributed by atoms with E-state index >= 15 is 0 Å². The summed E-state index contributed by atoms with van der Waals surface area (Å²) in [6, 6.07) is 6.36. The Hall–Kier alpha value is -0.930. The summed E-state index contributed by atoms with van der Waals surface area (Å²) >= 11 is 0. The Morgan fingerprint density at radius 2 is 2.20 bits per heavy atom. The van der Waals surface area contributed by atoms with Gasteiger partial charge in [-0.25, -0.2) is 0 Å². The van der Waals surface area contributed by atoms with Crippen molar-refractivity contribution in [2.24, 2.45) is 5.73 Å². The van der Waals surface area contributed by atoms with E-state index in [1.54, 1.807) is 0 Å². The molecule has 2 N–H and O–H groups in total. The summed E-state index contributed by atoms with van der Waals surface area (Å²) in [5, 5.41) is 0. The quantitative estimate of drug-likeness (QED) is 0.796. The molecule has 1 unspecified atom stereocenters. The number of pyridine rings is 1. The van der Waals surface area contributed by atoms with Gasteiger partial charge < -0.3 is 5.73 Å². The van der Waals surface area contributed by atoms with Crippen LogP contribution in [0.5, 0.6) is 0 Å². The van der Waals surface area contributed by atoms with Gasteiger partial charge in [-0.15, -0.1) is 0 Å². The Bertz CT molecular complexity index is 297. The van der Waals surface area contributed by atoms with E-state index in [1.165, 1.54) is 0 Å². The Kier molecular flexibility index (Phi) is 4.72. The molecule has 0 spiro atoms. The zero-order valence-electron chi connectivity index (χ0n) is 9.90. The van der Waals surface area contributed by atoms with Crippen molar-refractivity contribution in [3.63, 3.8) is 0 Å². The van der Waals surface area contributed by atoms with Crippen LogP contribution in [0.4, 0.5) is 0 Å². The molecule has 3 heteroatoms. The third-order valence-corrected chi connectivity index (χ3v) is 2.32. The summed E-state index contributed by atoms with van der Waals surface area (Å²) in [5.41, 5.74) is 7.99. The van der Waals surface area contributed by atoms with Crippen LogP contribution in [-0.4, -0.2) is 29.0 Å². The highest BCUT2D eigenvalue weighted by atomic mass is 15.1. The lowest BCUT2D eigenvalue weighted by Gasteiger charge is -2.21. The van der Waals surface area contributed by atoms with Crippen LogP contribution in [0.2, 0.25) is 0 Å². The fourth-order valence-corrected chi connectivity index (χ4v) is 1.63. The molecule has 1 heterocycles. The second-order valence-corrected chi connectivity index (χ2v) is 4.08. The highest BCUT2D eigenvalue weighted by Crippen LogP contribution is 2.03. The minimum atomic E-state index is 0.217. The van der Waals surface area contributed by atoms with E-state index < -0.39 is 0 Å². The average Bonchev–Trinajstić information content (AvgIpc) is 2.16. The topological polar surface area (TPSA) is 42.2 Å². The highest BCUT2D eigenvalue weighted by molar-refractivity contribution is 5.09. The number of nitrogens with zero attached hydrogens (tertiary/aromatic N) is 2. The summed E-state index contributed by atoms with van der Waals surface area (Å²) in [7, 11) is 0. The molecule has 0 amide bonds. The van der Waals surface area contributed by atoms with Gasteiger partial charge in [-0.1, -0.05) is 13.0 Å². The molecule has 0 bridgehead atoms. The molecule has 0 aliphatic carbocycles. The molecular formula is C12H21N3. The van der Waals surface area contributed by atoms with Gasteiger partial charge in [0.25, 0.3) is 0 Å². The van der Waals surface area contributed by atoms with Crippen LogP contribution in [-0.2, 0) is 6.54 Å². The monoisotopic (exact) mass is 207 g/mol. The maximum absolute atomic E-state index is 5.79. The molecule has 1 aromatic rings. The van der Waals surface area contributed by atoms with E-state index in [0.29, 0.717) is 0 Å². The second kappa shape index (κ2) is 5.83. The van der Waals surface area contributed by atoms with Gasteiger partial charge >= 0.3 is 0 Å². The summed E-state index contributed by atoms with van der Waals surface area (Å²) in [6.07, 6.45) is 0. The zero-order chi connectivity index (χ0) is 11.3. The van der Waals surface area contributed by atoms with Crippen LogP contribution >= 0.6 is 0 Å². The summed E-state index contributed by atoms with van der Waals surface area (Å²) in [6.45, 7) is 9.03. The lowest BCUT2D eigenvalue weighted by molar-refractivity contribution is 0.263. The van der Waals surface area contributed by atoms with Crippen LogP contribution in [0.3, 0.4) is 0 Å². The van der Waals surface area contributed by atoms with E-state index in [-0.39, 0.29) is 6.04 Å². The molecule has 1 atom stereocenters. The maximum atomic E-state index is 5.79. The van der Waals surface area contributed by atoms with Gasteiger partial charge in [0.05, 0.1) is 5.69 Å². The number of rotatable bonds is 5. The highest BCUT2D eigenvalue weighted by Gasteiger charge is 2.06. The molecule has 0 saturated carbocycles. The molecule has 15 heavy (non-hydrogen) atoms. The van der Waals surface area contributed by atoms with E-state index in [0.717, 1.165) is 31.0 Å². The largest absolute Gasteiger partial charge is 0.327 e. The zero-order valence-corrected chi connectivity index (χ0v) is 9.90. The number of nitrogens with two attached hydrogens (primary N) is 1. The Balaban J connectivity index is 2.58. The van der Waals surface area contributed by atoms with E-state index in [9.17, 15) is 0 Å². The molecule has 0 aromatic carbocycles. The number of aryl methyl sites for hydroxylation is 1. The predicted molar refractivity (Wildman–Crippen MR) is 63.6 cm³/mol. The van der Waals surface area contributed by atoms with Crippen LogP contribution in [0.1, 0.15) is 25.2 Å². The first-order chi connectivity index (χ1) is 7.11. The molecule has 3 nitrogen and oxygen atoms in total. The lowest BCUT2D eigenvalue weighted by atomic mass is 10.2. The van der Waals surface area contributed by atoms with Gasteiger partial charge in [-0.05, 0) is 32.5 Å². The number of hydrogen-bond donors (Lipinski definition) is 1. The standard InChI is InChI=1S/C12H21N3/c1-4-15(8-10(2)13)9-12-7-5-6-11(3)14-12/h5-7,10H,4,8-9,13H2,1-3H3. The van der Waals surface area contributed by atoms with Crippen molar-refractivity contribution < 1.29 is 0 Å². The molecule has 84 valence electrons. The van der Waals surface area contributed by atoms with E-state index in [2.05, 4.69) is 28.9 Å². The Morgan fingerprint density at radius 3 is 2.73 bits per heavy atom. The van der Waals surface area contributed by atoms with Crippen LogP contribution in [0, 0.1) is 6.92 Å². The third kappa shape index (κ3) is 4.40. The van der Waals surface area contributed by atoms with Crippen molar-refractivity contribution in [2.45, 2.75) is 33.4 Å². The summed E-state index contributed by atoms with van der Waals surface area (Å²) < 4.78 is 0. The predicted octanol–water partition coefficient (Wildman–Crippen LogP) is 1.56. The second-order valence-electron chi connectivity index (χ2n) is 4.08. The van der Waals surface area contributed by atoms with E-state index in [4.69, 9.17) is 5.73 Å². The van der Waals surface area contributed by atoms with Gasteiger partial charge in [0.15, 0.2) is 0 Å². The molecule has 1 aromatic heterocycles. The molecule has 0 saturated heterocycles. The first kappa shape index (κ1) is 12.1. The number of likely N-dealkylation sites (N-methyl/N-ethyl adjacent to an activating group) is 1. The fourth-order valence-electron chi connectivity index (χ4n) is 1.63. The Labute approximate surface area is 92.3 Å². The van der Waals surface area contributed by atoms with Crippen LogP contribution in [0.15, 0.2) is 18.2 Å². The van der Waals surface area contributed by atoms with Crippen molar-refractivity contribution in [3.8, 4) is 0 Å². The normalized spacial score (nSPS) is 13.1. The van der Waals surface area contributed by atoms with Crippen molar-refractivity contribution in [1.29, 1.82) is 0 Å². The fraction of sp³-hybridized carbons (Fsp3) is 0.583. The lowest BCUT2D eigenvalue weighted by Crippen LogP contribution is -2.35. The van der Waals surface area contributed by atoms with Crippen molar-refractivity contribution in [2.75, 3.05) is 13.1 Å². The third-order valence-electron chi connectivity index (χ3n) is 2.32. The van der Waals surface area contributed by atoms with Crippen LogP contribution < -0.4 is 5.73 Å². The first-order valence-electron chi connectivity index (χ1n) is 5.52. The molecule has 1 rings (SSSR count). The maximum Gasteiger partial charge on any atom is 0.0547 e. The number of aromatic nitrogens is 1. The van der Waals surface area contributed by atoms with Gasteiger partial charge in [0.1, 0.15) is 0 Å². The summed E-state index contributed by atoms with van der Waals surface area (Å²) in [5.74, 6) is 0. The van der Waals surface area contributed by atoms with E-state index in [1.807, 2.05) is 19.9 Å². The SMILES string of the molecule is CCN(Cc1cccc(C)n1)CC(C)N. The molecule has 0 radical (unpaired) electrons. The molecule has 0 aliphatic heterocycles. The van der Waals surface area contributed by atoms with Crippen LogP contribution in [0.25, 0.3) is 0 Å². The van der Waals surface area contributed by atoms with Gasteiger partial charge in [-0.2, -0.15) is 0 Å². The first-order valence-corrected chi connectivity index (χ1v) is 5.52. The summed E-state index contributed by atoms with van der Waals surface area (Å²) in [4.78, 5) is 6.80. The molecule has 0 fully saturated rings. The van der Waals surface area contributed by atoms with Crippen molar-refractivity contribution in [1.82, 2.24) is 9.88 Å². The van der Waals surface area contributed by atoms with Gasteiger partial charge in [0.2, 0.25) is 0 Å². The molecule has 0 aliphatic rings. The van der Waals surface area contributed by atoms with Gasteiger partial charge in [-0.3, -0.25) is 9.88 Å².